The van der Waals surface area contributed by atoms with Crippen LogP contribution in [0.1, 0.15) is 48.5 Å². The first kappa shape index (κ1) is 25.8. The molecule has 1 fully saturated rings. The highest BCUT2D eigenvalue weighted by atomic mass is 35.5. The predicted molar refractivity (Wildman–Crippen MR) is 118 cm³/mol. The Morgan fingerprint density at radius 1 is 1.08 bits per heavy atom. The summed E-state index contributed by atoms with van der Waals surface area (Å²) in [5, 5.41) is 6.95. The van der Waals surface area contributed by atoms with E-state index in [9.17, 15) is 35.9 Å². The highest BCUT2D eigenvalue weighted by Crippen LogP contribution is 2.43. The van der Waals surface area contributed by atoms with Gasteiger partial charge in [-0.2, -0.15) is 26.3 Å². The van der Waals surface area contributed by atoms with Crippen LogP contribution in [0.4, 0.5) is 26.3 Å². The van der Waals surface area contributed by atoms with Crippen molar-refractivity contribution < 1.29 is 31.1 Å². The Hall–Kier alpha value is -3.28. The number of nitrogens with zero attached hydrogens (tertiary/aromatic N) is 3. The maximum Gasteiger partial charge on any atom is 0.417 e. The van der Waals surface area contributed by atoms with Crippen LogP contribution in [0.2, 0.25) is 5.02 Å². The highest BCUT2D eigenvalue weighted by Gasteiger charge is 2.45. The second-order valence-corrected chi connectivity index (χ2v) is 8.86. The molecule has 13 heteroatoms. The molecule has 1 atom stereocenters. The van der Waals surface area contributed by atoms with Gasteiger partial charge < -0.3 is 5.32 Å². The molecular formula is C23H19ClF6N4O2. The molecule has 1 saturated carbocycles. The summed E-state index contributed by atoms with van der Waals surface area (Å²) in [5.41, 5.74) is -4.47. The number of hydrogen-bond donors (Lipinski definition) is 1. The number of nitrogens with one attached hydrogen (secondary N) is 1. The van der Waals surface area contributed by atoms with Crippen LogP contribution in [0.15, 0.2) is 47.3 Å². The van der Waals surface area contributed by atoms with E-state index in [0.29, 0.717) is 22.5 Å². The lowest BCUT2D eigenvalue weighted by Crippen LogP contribution is -2.35. The van der Waals surface area contributed by atoms with Crippen LogP contribution in [0.3, 0.4) is 0 Å². The van der Waals surface area contributed by atoms with Gasteiger partial charge in [-0.1, -0.05) is 23.7 Å². The van der Waals surface area contributed by atoms with E-state index in [1.54, 1.807) is 24.3 Å². The number of aromatic nitrogens is 3. The lowest BCUT2D eigenvalue weighted by molar-refractivity contribution is -0.162. The Morgan fingerprint density at radius 3 is 2.28 bits per heavy atom. The molecule has 2 aromatic carbocycles. The van der Waals surface area contributed by atoms with E-state index in [1.807, 2.05) is 0 Å². The molecule has 1 aliphatic rings. The number of alkyl halides is 6. The fraction of sp³-hybridized carbons (Fsp3) is 0.348. The van der Waals surface area contributed by atoms with E-state index in [4.69, 9.17) is 11.6 Å². The van der Waals surface area contributed by atoms with Crippen molar-refractivity contribution in [1.82, 2.24) is 19.7 Å². The minimum absolute atomic E-state index is 0.0987. The Kier molecular flexibility index (Phi) is 6.67. The topological polar surface area (TPSA) is 68.9 Å². The molecule has 1 aliphatic carbocycles. The number of hydrogen-bond acceptors (Lipinski definition) is 3. The van der Waals surface area contributed by atoms with Gasteiger partial charge in [-0.25, -0.2) is 9.48 Å². The molecule has 4 rings (SSSR count). The summed E-state index contributed by atoms with van der Waals surface area (Å²) in [4.78, 5) is 25.6. The lowest BCUT2D eigenvalue weighted by Gasteiger charge is -2.23. The van der Waals surface area contributed by atoms with Gasteiger partial charge >= 0.3 is 18.0 Å². The summed E-state index contributed by atoms with van der Waals surface area (Å²) in [6.07, 6.45) is -9.07. The van der Waals surface area contributed by atoms with E-state index >= 15 is 0 Å². The monoisotopic (exact) mass is 532 g/mol. The van der Waals surface area contributed by atoms with Crippen molar-refractivity contribution in [3.63, 3.8) is 0 Å². The molecule has 1 N–H and O–H groups in total. The van der Waals surface area contributed by atoms with Gasteiger partial charge in [0.1, 0.15) is 6.54 Å². The Morgan fingerprint density at radius 2 is 1.72 bits per heavy atom. The van der Waals surface area contributed by atoms with E-state index in [2.05, 4.69) is 10.4 Å². The van der Waals surface area contributed by atoms with Gasteiger partial charge in [0.2, 0.25) is 5.91 Å². The average Bonchev–Trinajstić information content (AvgIpc) is 3.57. The summed E-state index contributed by atoms with van der Waals surface area (Å²) in [7, 11) is 0. The summed E-state index contributed by atoms with van der Waals surface area (Å²) >= 11 is 5.91. The number of amides is 1. The van der Waals surface area contributed by atoms with Crippen LogP contribution in [0.5, 0.6) is 0 Å². The third kappa shape index (κ3) is 5.28. The molecule has 1 aromatic heterocycles. The van der Waals surface area contributed by atoms with Crippen LogP contribution in [0.25, 0.3) is 11.4 Å². The molecule has 0 saturated heterocycles. The molecule has 1 unspecified atom stereocenters. The van der Waals surface area contributed by atoms with Crippen molar-refractivity contribution in [3.8, 4) is 11.4 Å². The zero-order chi connectivity index (χ0) is 26.4. The first-order chi connectivity index (χ1) is 16.8. The SMILES string of the molecule is CC(NC(=O)Cn1nc(-c2ccc(Cl)cc2)n(C2CC2)c1=O)c1cccc(C(F)(F)F)c1C(F)(F)F. The van der Waals surface area contributed by atoms with Crippen LogP contribution in [-0.2, 0) is 23.7 Å². The molecule has 0 spiro atoms. The maximum absolute atomic E-state index is 13.6. The minimum Gasteiger partial charge on any atom is -0.348 e. The number of benzene rings is 2. The van der Waals surface area contributed by atoms with E-state index in [1.165, 1.54) is 4.57 Å². The normalized spacial score (nSPS) is 15.1. The minimum atomic E-state index is -5.31. The fourth-order valence-electron chi connectivity index (χ4n) is 3.97. The summed E-state index contributed by atoms with van der Waals surface area (Å²) in [5.74, 6) is -0.588. The molecule has 0 radical (unpaired) electrons. The third-order valence-electron chi connectivity index (χ3n) is 5.71. The van der Waals surface area contributed by atoms with Crippen molar-refractivity contribution >= 4 is 17.5 Å². The van der Waals surface area contributed by atoms with Gasteiger partial charge in [0.05, 0.1) is 17.2 Å². The zero-order valence-corrected chi connectivity index (χ0v) is 19.4. The van der Waals surface area contributed by atoms with Gasteiger partial charge in [-0.05, 0) is 55.7 Å². The van der Waals surface area contributed by atoms with Gasteiger partial charge in [0.25, 0.3) is 0 Å². The van der Waals surface area contributed by atoms with Crippen molar-refractivity contribution in [2.75, 3.05) is 0 Å². The van der Waals surface area contributed by atoms with E-state index in [0.717, 1.165) is 36.6 Å². The maximum atomic E-state index is 13.6. The van der Waals surface area contributed by atoms with Gasteiger partial charge in [0.15, 0.2) is 5.82 Å². The molecule has 192 valence electrons. The van der Waals surface area contributed by atoms with Crippen LogP contribution in [-0.4, -0.2) is 20.3 Å². The number of halogens is 7. The van der Waals surface area contributed by atoms with Crippen molar-refractivity contribution in [3.05, 3.63) is 74.7 Å². The smallest absolute Gasteiger partial charge is 0.348 e. The fourth-order valence-corrected chi connectivity index (χ4v) is 4.09. The summed E-state index contributed by atoms with van der Waals surface area (Å²) in [6, 6.07) is 7.05. The lowest BCUT2D eigenvalue weighted by atomic mass is 9.95. The molecule has 1 heterocycles. The number of carbonyl (C=O) groups excluding carboxylic acids is 1. The third-order valence-corrected chi connectivity index (χ3v) is 5.96. The van der Waals surface area contributed by atoms with E-state index in [-0.39, 0.29) is 6.04 Å². The highest BCUT2D eigenvalue weighted by molar-refractivity contribution is 6.30. The average molecular weight is 533 g/mol. The number of carbonyl (C=O) groups is 1. The predicted octanol–water partition coefficient (Wildman–Crippen LogP) is 5.62. The van der Waals surface area contributed by atoms with Gasteiger partial charge in [-0.3, -0.25) is 9.36 Å². The second kappa shape index (κ2) is 9.30. The van der Waals surface area contributed by atoms with Crippen molar-refractivity contribution in [2.45, 2.75) is 50.7 Å². The van der Waals surface area contributed by atoms with Gasteiger partial charge in [-0.15, -0.1) is 5.10 Å². The van der Waals surface area contributed by atoms with Crippen LogP contribution < -0.4 is 11.0 Å². The Bertz CT molecular complexity index is 1340. The van der Waals surface area contributed by atoms with Crippen molar-refractivity contribution in [1.29, 1.82) is 0 Å². The molecule has 0 bridgehead atoms. The summed E-state index contributed by atoms with van der Waals surface area (Å²) < 4.78 is 82.8. The van der Waals surface area contributed by atoms with Gasteiger partial charge in [0, 0.05) is 16.6 Å². The van der Waals surface area contributed by atoms with Crippen LogP contribution in [0, 0.1) is 0 Å². The zero-order valence-electron chi connectivity index (χ0n) is 18.6. The number of rotatable bonds is 6. The quantitative estimate of drug-likeness (QED) is 0.419. The molecule has 3 aromatic rings. The molecular weight excluding hydrogens is 514 g/mol. The van der Waals surface area contributed by atoms with Crippen molar-refractivity contribution in [2.24, 2.45) is 0 Å². The molecule has 36 heavy (non-hydrogen) atoms. The molecule has 6 nitrogen and oxygen atoms in total. The first-order valence-corrected chi connectivity index (χ1v) is 11.2. The summed E-state index contributed by atoms with van der Waals surface area (Å²) in [6.45, 7) is 0.497. The Labute approximate surface area is 205 Å². The standard InChI is InChI=1S/C23H19ClF6N4O2/c1-12(16-3-2-4-17(22(25,26)27)19(16)23(28,29)30)31-18(35)11-33-21(36)34(15-9-10-15)20(32-33)13-5-7-14(24)8-6-13/h2-8,12,15H,9-11H2,1H3,(H,31,35). The van der Waals surface area contributed by atoms with Crippen LogP contribution >= 0.6 is 11.6 Å². The molecule has 0 aliphatic heterocycles. The second-order valence-electron chi connectivity index (χ2n) is 8.43. The van der Waals surface area contributed by atoms with E-state index < -0.39 is 53.2 Å². The molecule has 1 amide bonds. The first-order valence-electron chi connectivity index (χ1n) is 10.8. The largest absolute Gasteiger partial charge is 0.417 e. The Balaban J connectivity index is 1.61.